The van der Waals surface area contributed by atoms with Crippen molar-refractivity contribution in [3.05, 3.63) is 65.4 Å². The molecule has 0 aliphatic carbocycles. The summed E-state index contributed by atoms with van der Waals surface area (Å²) in [6, 6.07) is 16.8. The highest BCUT2D eigenvalue weighted by Crippen LogP contribution is 2.33. The van der Waals surface area contributed by atoms with Crippen molar-refractivity contribution in [3.63, 3.8) is 0 Å². The molecule has 4 rings (SSSR count). The molecule has 1 aromatic heterocycles. The minimum absolute atomic E-state index is 0.919. The number of nitrogens with zero attached hydrogens (tertiary/aromatic N) is 2. The Morgan fingerprint density at radius 1 is 1.08 bits per heavy atom. The molecule has 0 atom stereocenters. The number of hydrogen-bond donors (Lipinski definition) is 0. The standard InChI is InChI=1S/C21H22N2O/c1-22-12-11-21-19(15-22)18-14-17(24-2)8-9-20(18)23(21)13-10-16-6-4-3-5-7-16/h3-10,13-14H,11-12,15H2,1-2H3. The van der Waals surface area contributed by atoms with Gasteiger partial charge >= 0.3 is 0 Å². The molecular formula is C21H22N2O. The smallest absolute Gasteiger partial charge is 0.119 e. The zero-order valence-corrected chi connectivity index (χ0v) is 14.2. The molecule has 24 heavy (non-hydrogen) atoms. The molecule has 0 bridgehead atoms. The number of methoxy groups -OCH3 is 1. The molecule has 0 amide bonds. The zero-order valence-electron chi connectivity index (χ0n) is 14.2. The van der Waals surface area contributed by atoms with Gasteiger partial charge in [-0.1, -0.05) is 30.3 Å². The van der Waals surface area contributed by atoms with Crippen molar-refractivity contribution in [1.82, 2.24) is 9.47 Å². The van der Waals surface area contributed by atoms with E-state index in [2.05, 4.69) is 65.2 Å². The second-order valence-electron chi connectivity index (χ2n) is 6.39. The Balaban J connectivity index is 1.87. The van der Waals surface area contributed by atoms with Gasteiger partial charge in [0, 0.05) is 36.8 Å². The number of likely N-dealkylation sites (N-methyl/N-ethyl adjacent to an activating group) is 1. The summed E-state index contributed by atoms with van der Waals surface area (Å²) in [6.07, 6.45) is 5.46. The Morgan fingerprint density at radius 2 is 1.92 bits per heavy atom. The average Bonchev–Trinajstić information content (AvgIpc) is 2.93. The number of ether oxygens (including phenoxy) is 1. The highest BCUT2D eigenvalue weighted by atomic mass is 16.5. The molecule has 0 fully saturated rings. The third-order valence-corrected chi connectivity index (χ3v) is 4.80. The third-order valence-electron chi connectivity index (χ3n) is 4.80. The third kappa shape index (κ3) is 2.61. The van der Waals surface area contributed by atoms with E-state index < -0.39 is 0 Å². The van der Waals surface area contributed by atoms with Crippen LogP contribution in [-0.2, 0) is 13.0 Å². The lowest BCUT2D eigenvalue weighted by Gasteiger charge is -2.23. The van der Waals surface area contributed by atoms with Crippen LogP contribution in [0.5, 0.6) is 5.75 Å². The predicted molar refractivity (Wildman–Crippen MR) is 100 cm³/mol. The summed E-state index contributed by atoms with van der Waals surface area (Å²) in [5, 5.41) is 1.30. The fourth-order valence-electron chi connectivity index (χ4n) is 3.53. The molecule has 0 saturated carbocycles. The zero-order chi connectivity index (χ0) is 16.5. The maximum Gasteiger partial charge on any atom is 0.119 e. The Kier molecular flexibility index (Phi) is 3.87. The normalized spacial score (nSPS) is 15.1. The van der Waals surface area contributed by atoms with Crippen molar-refractivity contribution in [2.75, 3.05) is 20.7 Å². The first-order chi connectivity index (χ1) is 11.8. The molecule has 0 N–H and O–H groups in total. The van der Waals surface area contributed by atoms with E-state index in [0.29, 0.717) is 0 Å². The number of fused-ring (bicyclic) bond motifs is 3. The highest BCUT2D eigenvalue weighted by molar-refractivity contribution is 5.89. The van der Waals surface area contributed by atoms with Crippen LogP contribution < -0.4 is 4.74 Å². The van der Waals surface area contributed by atoms with Crippen LogP contribution in [0.2, 0.25) is 0 Å². The van der Waals surface area contributed by atoms with E-state index >= 15 is 0 Å². The summed E-state index contributed by atoms with van der Waals surface area (Å²) in [5.74, 6) is 0.919. The average molecular weight is 318 g/mol. The first-order valence-electron chi connectivity index (χ1n) is 8.38. The molecule has 0 radical (unpaired) electrons. The van der Waals surface area contributed by atoms with Gasteiger partial charge in [0.1, 0.15) is 5.75 Å². The number of hydrogen-bond acceptors (Lipinski definition) is 2. The predicted octanol–water partition coefficient (Wildman–Crippen LogP) is 4.27. The van der Waals surface area contributed by atoms with E-state index in [-0.39, 0.29) is 0 Å². The second kappa shape index (κ2) is 6.17. The summed E-state index contributed by atoms with van der Waals surface area (Å²) in [4.78, 5) is 2.38. The lowest BCUT2D eigenvalue weighted by Crippen LogP contribution is -2.26. The Hall–Kier alpha value is -2.52. The quantitative estimate of drug-likeness (QED) is 0.718. The van der Waals surface area contributed by atoms with Crippen molar-refractivity contribution >= 4 is 23.2 Å². The van der Waals surface area contributed by atoms with Crippen molar-refractivity contribution in [1.29, 1.82) is 0 Å². The molecule has 0 unspecified atom stereocenters. The summed E-state index contributed by atoms with van der Waals surface area (Å²) in [7, 11) is 3.91. The van der Waals surface area contributed by atoms with Crippen LogP contribution in [0.25, 0.3) is 23.2 Å². The van der Waals surface area contributed by atoms with Gasteiger partial charge in [-0.3, -0.25) is 0 Å². The van der Waals surface area contributed by atoms with E-state index in [4.69, 9.17) is 4.74 Å². The van der Waals surface area contributed by atoms with E-state index in [9.17, 15) is 0 Å². The molecule has 0 spiro atoms. The number of rotatable bonds is 3. The lowest BCUT2D eigenvalue weighted by molar-refractivity contribution is 0.312. The van der Waals surface area contributed by atoms with Crippen LogP contribution in [0.1, 0.15) is 16.8 Å². The van der Waals surface area contributed by atoms with E-state index in [0.717, 1.165) is 25.3 Å². The Morgan fingerprint density at radius 3 is 2.71 bits per heavy atom. The molecule has 2 aromatic carbocycles. The summed E-state index contributed by atoms with van der Waals surface area (Å²) in [5.41, 5.74) is 5.32. The van der Waals surface area contributed by atoms with Crippen LogP contribution in [-0.4, -0.2) is 30.2 Å². The monoisotopic (exact) mass is 318 g/mol. The summed E-state index contributed by atoms with van der Waals surface area (Å²) in [6.45, 7) is 2.09. The van der Waals surface area contributed by atoms with E-state index in [1.165, 1.54) is 27.7 Å². The van der Waals surface area contributed by atoms with E-state index in [1.807, 2.05) is 12.1 Å². The van der Waals surface area contributed by atoms with Crippen LogP contribution in [0, 0.1) is 0 Å². The molecule has 122 valence electrons. The van der Waals surface area contributed by atoms with Crippen LogP contribution >= 0.6 is 0 Å². The largest absolute Gasteiger partial charge is 0.497 e. The maximum atomic E-state index is 5.44. The van der Waals surface area contributed by atoms with Crippen molar-refractivity contribution in [2.45, 2.75) is 13.0 Å². The van der Waals surface area contributed by atoms with Crippen molar-refractivity contribution in [2.24, 2.45) is 0 Å². The molecule has 0 saturated heterocycles. The topological polar surface area (TPSA) is 17.4 Å². The molecule has 3 nitrogen and oxygen atoms in total. The van der Waals surface area contributed by atoms with Gasteiger partial charge in [0.05, 0.1) is 12.6 Å². The first-order valence-corrected chi connectivity index (χ1v) is 8.38. The second-order valence-corrected chi connectivity index (χ2v) is 6.39. The molecule has 1 aliphatic heterocycles. The summed E-state index contributed by atoms with van der Waals surface area (Å²) >= 11 is 0. The molecular weight excluding hydrogens is 296 g/mol. The number of aromatic nitrogens is 1. The SMILES string of the molecule is COc1ccc2c(c1)c1c(n2C=Cc2ccccc2)CCN(C)C1. The lowest BCUT2D eigenvalue weighted by atomic mass is 10.0. The highest BCUT2D eigenvalue weighted by Gasteiger charge is 2.21. The molecule has 1 aliphatic rings. The molecule has 3 heteroatoms. The van der Waals surface area contributed by atoms with Gasteiger partial charge in [-0.2, -0.15) is 0 Å². The minimum atomic E-state index is 0.919. The van der Waals surface area contributed by atoms with Crippen molar-refractivity contribution in [3.8, 4) is 5.75 Å². The molecule has 3 aromatic rings. The Bertz CT molecular complexity index is 893. The Labute approximate surface area is 142 Å². The van der Waals surface area contributed by atoms with E-state index in [1.54, 1.807) is 7.11 Å². The molecule has 2 heterocycles. The fourth-order valence-corrected chi connectivity index (χ4v) is 3.53. The van der Waals surface area contributed by atoms with Gasteiger partial charge in [-0.25, -0.2) is 0 Å². The van der Waals surface area contributed by atoms with Gasteiger partial charge in [0.15, 0.2) is 0 Å². The van der Waals surface area contributed by atoms with Gasteiger partial charge in [-0.15, -0.1) is 0 Å². The fraction of sp³-hybridized carbons (Fsp3) is 0.238. The van der Waals surface area contributed by atoms with Gasteiger partial charge in [-0.05, 0) is 42.4 Å². The summed E-state index contributed by atoms with van der Waals surface area (Å²) < 4.78 is 7.79. The van der Waals surface area contributed by atoms with Gasteiger partial charge < -0.3 is 14.2 Å². The van der Waals surface area contributed by atoms with Crippen LogP contribution in [0.15, 0.2) is 48.5 Å². The minimum Gasteiger partial charge on any atom is -0.497 e. The number of benzene rings is 2. The van der Waals surface area contributed by atoms with Crippen LogP contribution in [0.4, 0.5) is 0 Å². The van der Waals surface area contributed by atoms with Crippen molar-refractivity contribution < 1.29 is 4.74 Å². The van der Waals surface area contributed by atoms with Crippen LogP contribution in [0.3, 0.4) is 0 Å². The first kappa shape index (κ1) is 15.0. The van der Waals surface area contributed by atoms with Gasteiger partial charge in [0.25, 0.3) is 0 Å². The van der Waals surface area contributed by atoms with Gasteiger partial charge in [0.2, 0.25) is 0 Å². The maximum absolute atomic E-state index is 5.44.